The van der Waals surface area contributed by atoms with E-state index in [2.05, 4.69) is 62.2 Å². The predicted molar refractivity (Wildman–Crippen MR) is 86.1 cm³/mol. The van der Waals surface area contributed by atoms with E-state index >= 15 is 0 Å². The summed E-state index contributed by atoms with van der Waals surface area (Å²) in [4.78, 5) is 2.47. The molecule has 2 nitrogen and oxygen atoms in total. The predicted octanol–water partition coefficient (Wildman–Crippen LogP) is 3.99. The molecule has 0 saturated heterocycles. The quantitative estimate of drug-likeness (QED) is 0.677. The van der Waals surface area contributed by atoms with E-state index < -0.39 is 0 Å². The molecule has 108 valence electrons. The van der Waals surface area contributed by atoms with Crippen molar-refractivity contribution in [2.45, 2.75) is 53.0 Å². The van der Waals surface area contributed by atoms with Crippen molar-refractivity contribution in [3.05, 3.63) is 29.8 Å². The maximum Gasteiger partial charge on any atom is 0.0366 e. The second kappa shape index (κ2) is 8.98. The minimum Gasteiger partial charge on any atom is -0.372 e. The molecule has 0 heterocycles. The average molecular weight is 262 g/mol. The van der Waals surface area contributed by atoms with Crippen molar-refractivity contribution in [2.75, 3.05) is 24.5 Å². The van der Waals surface area contributed by atoms with Gasteiger partial charge in [-0.1, -0.05) is 38.0 Å². The van der Waals surface area contributed by atoms with Crippen LogP contribution in [0.2, 0.25) is 0 Å². The van der Waals surface area contributed by atoms with Gasteiger partial charge in [0.25, 0.3) is 0 Å². The minimum absolute atomic E-state index is 0.611. The lowest BCUT2D eigenvalue weighted by atomic mass is 10.2. The fraction of sp³-hybridized carbons (Fsp3) is 0.647. The van der Waals surface area contributed by atoms with Gasteiger partial charge in [-0.2, -0.15) is 0 Å². The van der Waals surface area contributed by atoms with E-state index in [0.29, 0.717) is 6.04 Å². The highest BCUT2D eigenvalue weighted by atomic mass is 15.1. The van der Waals surface area contributed by atoms with Crippen LogP contribution < -0.4 is 10.2 Å². The van der Waals surface area contributed by atoms with Crippen molar-refractivity contribution in [3.8, 4) is 0 Å². The summed E-state index contributed by atoms with van der Waals surface area (Å²) in [6, 6.07) is 9.48. The Morgan fingerprint density at radius 1 is 1.05 bits per heavy atom. The van der Waals surface area contributed by atoms with Crippen LogP contribution in [0, 0.1) is 6.92 Å². The Kier molecular flexibility index (Phi) is 7.57. The summed E-state index contributed by atoms with van der Waals surface area (Å²) in [5.41, 5.74) is 2.69. The Morgan fingerprint density at radius 3 is 2.32 bits per heavy atom. The van der Waals surface area contributed by atoms with Gasteiger partial charge in [0.2, 0.25) is 0 Å². The number of unbranched alkanes of at least 4 members (excludes halogenated alkanes) is 2. The molecule has 0 spiro atoms. The van der Waals surface area contributed by atoms with Gasteiger partial charge in [-0.3, -0.25) is 0 Å². The molecule has 0 atom stereocenters. The molecule has 1 aromatic carbocycles. The van der Waals surface area contributed by atoms with Gasteiger partial charge in [-0.25, -0.2) is 0 Å². The summed E-state index contributed by atoms with van der Waals surface area (Å²) in [5.74, 6) is 0. The minimum atomic E-state index is 0.611. The molecule has 1 aromatic rings. The number of nitrogens with zero attached hydrogens (tertiary/aromatic N) is 1. The summed E-state index contributed by atoms with van der Waals surface area (Å²) >= 11 is 0. The Bertz CT molecular complexity index is 330. The third-order valence-corrected chi connectivity index (χ3v) is 3.44. The second-order valence-corrected chi connectivity index (χ2v) is 5.58. The molecule has 0 aromatic heterocycles. The van der Waals surface area contributed by atoms with Crippen LogP contribution in [0.1, 0.15) is 45.6 Å². The molecule has 0 aliphatic carbocycles. The van der Waals surface area contributed by atoms with Crippen LogP contribution in [0.15, 0.2) is 24.3 Å². The lowest BCUT2D eigenvalue weighted by Gasteiger charge is -2.23. The summed E-state index contributed by atoms with van der Waals surface area (Å²) in [5, 5.41) is 3.47. The Hall–Kier alpha value is -1.02. The van der Waals surface area contributed by atoms with Crippen molar-refractivity contribution in [1.29, 1.82) is 0 Å². The van der Waals surface area contributed by atoms with Gasteiger partial charge in [-0.15, -0.1) is 0 Å². The normalized spacial score (nSPS) is 11.0. The fourth-order valence-electron chi connectivity index (χ4n) is 2.22. The zero-order valence-electron chi connectivity index (χ0n) is 13.1. The molecule has 0 amide bonds. The Labute approximate surface area is 119 Å². The molecule has 0 saturated carbocycles. The smallest absolute Gasteiger partial charge is 0.0366 e. The molecule has 0 unspecified atom stereocenters. The number of nitrogens with one attached hydrogen (secondary N) is 1. The Balaban J connectivity index is 2.24. The number of aryl methyl sites for hydroxylation is 1. The fourth-order valence-corrected chi connectivity index (χ4v) is 2.22. The van der Waals surface area contributed by atoms with E-state index in [-0.39, 0.29) is 0 Å². The van der Waals surface area contributed by atoms with Gasteiger partial charge in [-0.05, 0) is 45.4 Å². The first-order valence-electron chi connectivity index (χ1n) is 7.68. The molecule has 1 N–H and O–H groups in total. The lowest BCUT2D eigenvalue weighted by molar-refractivity contribution is 0.547. The highest BCUT2D eigenvalue weighted by molar-refractivity contribution is 5.47. The number of hydrogen-bond donors (Lipinski definition) is 1. The van der Waals surface area contributed by atoms with Crippen LogP contribution in [-0.2, 0) is 0 Å². The molecule has 0 fully saturated rings. The molecule has 2 heteroatoms. The lowest BCUT2D eigenvalue weighted by Crippen LogP contribution is -2.25. The van der Waals surface area contributed by atoms with Gasteiger partial charge < -0.3 is 10.2 Å². The van der Waals surface area contributed by atoms with Crippen molar-refractivity contribution in [3.63, 3.8) is 0 Å². The van der Waals surface area contributed by atoms with Crippen LogP contribution in [0.4, 0.5) is 5.69 Å². The second-order valence-electron chi connectivity index (χ2n) is 5.58. The van der Waals surface area contributed by atoms with Crippen LogP contribution in [0.25, 0.3) is 0 Å². The van der Waals surface area contributed by atoms with Gasteiger partial charge >= 0.3 is 0 Å². The van der Waals surface area contributed by atoms with Crippen LogP contribution in [0.5, 0.6) is 0 Å². The van der Waals surface area contributed by atoms with Crippen molar-refractivity contribution >= 4 is 5.69 Å². The first-order chi connectivity index (χ1) is 9.13. The highest BCUT2D eigenvalue weighted by Gasteiger charge is 2.03. The molecule has 1 rings (SSSR count). The van der Waals surface area contributed by atoms with Crippen LogP contribution >= 0.6 is 0 Å². The highest BCUT2D eigenvalue weighted by Crippen LogP contribution is 2.15. The third kappa shape index (κ3) is 6.63. The zero-order valence-corrected chi connectivity index (χ0v) is 13.1. The number of hydrogen-bond acceptors (Lipinski definition) is 2. The molecular formula is C17H30N2. The van der Waals surface area contributed by atoms with Crippen LogP contribution in [-0.4, -0.2) is 25.7 Å². The van der Waals surface area contributed by atoms with Crippen molar-refractivity contribution < 1.29 is 0 Å². The molecule has 19 heavy (non-hydrogen) atoms. The van der Waals surface area contributed by atoms with Crippen LogP contribution in [0.3, 0.4) is 0 Å². The first-order valence-corrected chi connectivity index (χ1v) is 7.68. The zero-order chi connectivity index (χ0) is 14.1. The molecule has 0 radical (unpaired) electrons. The standard InChI is InChI=1S/C17H30N2/c1-5-19(17-11-9-16(4)10-12-17)14-8-6-7-13-18-15(2)3/h9-12,15,18H,5-8,13-14H2,1-4H3. The van der Waals surface area contributed by atoms with E-state index in [0.717, 1.165) is 13.1 Å². The summed E-state index contributed by atoms with van der Waals surface area (Å²) < 4.78 is 0. The first kappa shape index (κ1) is 16.0. The maximum absolute atomic E-state index is 3.47. The van der Waals surface area contributed by atoms with Crippen molar-refractivity contribution in [1.82, 2.24) is 5.32 Å². The largest absolute Gasteiger partial charge is 0.372 e. The SMILES string of the molecule is CCN(CCCCCNC(C)C)c1ccc(C)cc1. The van der Waals surface area contributed by atoms with E-state index in [4.69, 9.17) is 0 Å². The number of rotatable bonds is 9. The molecule has 0 bridgehead atoms. The molecule has 0 aliphatic rings. The topological polar surface area (TPSA) is 15.3 Å². The van der Waals surface area contributed by atoms with E-state index in [9.17, 15) is 0 Å². The van der Waals surface area contributed by atoms with Gasteiger partial charge in [0.05, 0.1) is 0 Å². The number of anilines is 1. The van der Waals surface area contributed by atoms with Crippen molar-refractivity contribution in [2.24, 2.45) is 0 Å². The molecule has 0 aliphatic heterocycles. The third-order valence-electron chi connectivity index (χ3n) is 3.44. The Morgan fingerprint density at radius 2 is 1.74 bits per heavy atom. The summed E-state index contributed by atoms with van der Waals surface area (Å²) in [7, 11) is 0. The average Bonchev–Trinajstić information content (AvgIpc) is 2.39. The van der Waals surface area contributed by atoms with Gasteiger partial charge in [0.1, 0.15) is 0 Å². The van der Waals surface area contributed by atoms with E-state index in [1.54, 1.807) is 0 Å². The summed E-state index contributed by atoms with van der Waals surface area (Å²) in [6.45, 7) is 12.2. The monoisotopic (exact) mass is 262 g/mol. The van der Waals surface area contributed by atoms with Gasteiger partial charge in [0.15, 0.2) is 0 Å². The van der Waals surface area contributed by atoms with E-state index in [1.807, 2.05) is 0 Å². The maximum atomic E-state index is 3.47. The van der Waals surface area contributed by atoms with Gasteiger partial charge in [0, 0.05) is 24.8 Å². The molecular weight excluding hydrogens is 232 g/mol. The number of benzene rings is 1. The van der Waals surface area contributed by atoms with E-state index in [1.165, 1.54) is 37.1 Å². The summed E-state index contributed by atoms with van der Waals surface area (Å²) in [6.07, 6.45) is 3.87.